The Morgan fingerprint density at radius 2 is 1.97 bits per heavy atom. The molecular formula is C25H27N3O5. The zero-order chi connectivity index (χ0) is 23.8. The number of carboxylic acids is 1. The van der Waals surface area contributed by atoms with Crippen molar-refractivity contribution < 1.29 is 19.6 Å². The number of aliphatic carboxylic acids is 1. The molecule has 0 aliphatic carbocycles. The second-order valence-electron chi connectivity index (χ2n) is 7.65. The lowest BCUT2D eigenvalue weighted by atomic mass is 10.0. The number of methoxy groups -OCH3 is 1. The third-order valence-corrected chi connectivity index (χ3v) is 5.37. The minimum Gasteiger partial charge on any atom is -0.490 e. The van der Waals surface area contributed by atoms with Crippen molar-refractivity contribution in [3.8, 4) is 5.75 Å². The zero-order valence-corrected chi connectivity index (χ0v) is 18.7. The number of nitro benzene ring substituents is 1. The molecule has 0 saturated heterocycles. The minimum absolute atomic E-state index is 0.104. The monoisotopic (exact) mass is 449 g/mol. The van der Waals surface area contributed by atoms with Crippen LogP contribution in [0, 0.1) is 10.1 Å². The summed E-state index contributed by atoms with van der Waals surface area (Å²) in [5.74, 6) is -0.0844. The summed E-state index contributed by atoms with van der Waals surface area (Å²) in [5.41, 5.74) is 2.04. The number of carboxylic acid groups (broad SMARTS) is 1. The maximum atomic E-state index is 12.0. The fraction of sp³-hybridized carbons (Fsp3) is 0.280. The van der Waals surface area contributed by atoms with Crippen LogP contribution in [0.25, 0.3) is 6.08 Å². The van der Waals surface area contributed by atoms with E-state index in [1.165, 1.54) is 7.11 Å². The number of nitro groups is 1. The molecule has 0 aliphatic rings. The zero-order valence-electron chi connectivity index (χ0n) is 18.7. The molecule has 0 aliphatic heterocycles. The van der Waals surface area contributed by atoms with Crippen molar-refractivity contribution in [1.29, 1.82) is 0 Å². The van der Waals surface area contributed by atoms with Crippen molar-refractivity contribution in [3.63, 3.8) is 0 Å². The van der Waals surface area contributed by atoms with Gasteiger partial charge in [-0.1, -0.05) is 55.8 Å². The molecule has 0 spiro atoms. The Morgan fingerprint density at radius 1 is 1.21 bits per heavy atom. The van der Waals surface area contributed by atoms with Gasteiger partial charge in [-0.05, 0) is 24.1 Å². The second kappa shape index (κ2) is 11.1. The van der Waals surface area contributed by atoms with Crippen molar-refractivity contribution >= 4 is 17.7 Å². The Labute approximate surface area is 192 Å². The normalized spacial score (nSPS) is 11.4. The molecule has 1 heterocycles. The van der Waals surface area contributed by atoms with Gasteiger partial charge in [0.1, 0.15) is 5.82 Å². The van der Waals surface area contributed by atoms with Crippen LogP contribution in [0.15, 0.2) is 60.3 Å². The third kappa shape index (κ3) is 5.85. The number of carbonyl (C=O) groups is 1. The number of aryl methyl sites for hydroxylation is 1. The van der Waals surface area contributed by atoms with Crippen LogP contribution in [0.3, 0.4) is 0 Å². The molecule has 0 radical (unpaired) electrons. The summed E-state index contributed by atoms with van der Waals surface area (Å²) < 4.78 is 7.05. The van der Waals surface area contributed by atoms with Gasteiger partial charge in [-0.2, -0.15) is 0 Å². The van der Waals surface area contributed by atoms with E-state index in [1.807, 2.05) is 34.9 Å². The number of ether oxygens (including phenoxy) is 1. The van der Waals surface area contributed by atoms with Gasteiger partial charge < -0.3 is 14.4 Å². The standard InChI is InChI=1S/C25H27N3O5/c1-3-4-13-23-26-16-21(15-20(25(29)30)14-18-9-6-5-7-10-18)27(23)17-19-11-8-12-22(33-2)24(19)28(31)32/h5-12,15-16H,3-4,13-14,17H2,1-2H3,(H,29,30). The van der Waals surface area contributed by atoms with Crippen LogP contribution in [-0.4, -0.2) is 32.7 Å². The van der Waals surface area contributed by atoms with Crippen LogP contribution in [0.4, 0.5) is 5.69 Å². The second-order valence-corrected chi connectivity index (χ2v) is 7.65. The Hall–Kier alpha value is -3.94. The number of benzene rings is 2. The SMILES string of the molecule is CCCCc1ncc(C=C(Cc2ccccc2)C(=O)O)n1Cc1cccc(OC)c1[N+](=O)[O-]. The van der Waals surface area contributed by atoms with Gasteiger partial charge in [-0.25, -0.2) is 9.78 Å². The summed E-state index contributed by atoms with van der Waals surface area (Å²) in [4.78, 5) is 27.8. The van der Waals surface area contributed by atoms with Crippen LogP contribution in [0.1, 0.15) is 42.4 Å². The maximum Gasteiger partial charge on any atom is 0.331 e. The smallest absolute Gasteiger partial charge is 0.331 e. The van der Waals surface area contributed by atoms with E-state index in [2.05, 4.69) is 11.9 Å². The van der Waals surface area contributed by atoms with Gasteiger partial charge in [0, 0.05) is 18.4 Å². The molecule has 0 atom stereocenters. The molecule has 33 heavy (non-hydrogen) atoms. The van der Waals surface area contributed by atoms with Crippen molar-refractivity contribution in [3.05, 3.63) is 93.1 Å². The Bertz CT molecular complexity index is 1150. The topological polar surface area (TPSA) is 107 Å². The van der Waals surface area contributed by atoms with E-state index in [9.17, 15) is 20.0 Å². The summed E-state index contributed by atoms with van der Waals surface area (Å²) in [6.45, 7) is 2.25. The molecule has 1 N–H and O–H groups in total. The molecule has 0 unspecified atom stereocenters. The highest BCUT2D eigenvalue weighted by Gasteiger charge is 2.22. The number of unbranched alkanes of at least 4 members (excludes halogenated alkanes) is 1. The molecule has 0 saturated carbocycles. The molecule has 172 valence electrons. The number of hydrogen-bond donors (Lipinski definition) is 1. The number of hydrogen-bond acceptors (Lipinski definition) is 5. The van der Waals surface area contributed by atoms with Gasteiger partial charge in [0.2, 0.25) is 0 Å². The molecule has 8 heteroatoms. The Morgan fingerprint density at radius 3 is 2.61 bits per heavy atom. The van der Waals surface area contributed by atoms with Gasteiger partial charge >= 0.3 is 11.7 Å². The van der Waals surface area contributed by atoms with Crippen molar-refractivity contribution in [2.45, 2.75) is 39.2 Å². The first kappa shape index (κ1) is 23.7. The predicted octanol–water partition coefficient (Wildman–Crippen LogP) is 4.90. The number of aromatic nitrogens is 2. The number of nitrogens with zero attached hydrogens (tertiary/aromatic N) is 3. The maximum absolute atomic E-state index is 12.0. The molecule has 2 aromatic carbocycles. The predicted molar refractivity (Wildman–Crippen MR) is 125 cm³/mol. The molecule has 0 fully saturated rings. The highest BCUT2D eigenvalue weighted by Crippen LogP contribution is 2.32. The van der Waals surface area contributed by atoms with Gasteiger partial charge in [-0.15, -0.1) is 0 Å². The molecule has 0 amide bonds. The molecule has 1 aromatic heterocycles. The molecule has 0 bridgehead atoms. The Balaban J connectivity index is 2.06. The lowest BCUT2D eigenvalue weighted by Crippen LogP contribution is -2.11. The highest BCUT2D eigenvalue weighted by molar-refractivity contribution is 5.92. The van der Waals surface area contributed by atoms with Gasteiger partial charge in [0.05, 0.1) is 36.0 Å². The molecule has 8 nitrogen and oxygen atoms in total. The lowest BCUT2D eigenvalue weighted by molar-refractivity contribution is -0.386. The van der Waals surface area contributed by atoms with E-state index in [-0.39, 0.29) is 30.0 Å². The van der Waals surface area contributed by atoms with E-state index in [0.717, 1.165) is 24.2 Å². The third-order valence-electron chi connectivity index (χ3n) is 5.37. The first-order valence-electron chi connectivity index (χ1n) is 10.8. The highest BCUT2D eigenvalue weighted by atomic mass is 16.6. The summed E-state index contributed by atoms with van der Waals surface area (Å²) in [6, 6.07) is 14.3. The summed E-state index contributed by atoms with van der Waals surface area (Å²) >= 11 is 0. The van der Waals surface area contributed by atoms with Gasteiger partial charge in [0.25, 0.3) is 0 Å². The van der Waals surface area contributed by atoms with Crippen LogP contribution in [0.2, 0.25) is 0 Å². The molecular weight excluding hydrogens is 422 g/mol. The summed E-state index contributed by atoms with van der Waals surface area (Å²) in [7, 11) is 1.40. The van der Waals surface area contributed by atoms with Gasteiger partial charge in [0.15, 0.2) is 5.75 Å². The van der Waals surface area contributed by atoms with E-state index in [4.69, 9.17) is 4.74 Å². The van der Waals surface area contributed by atoms with Crippen molar-refractivity contribution in [1.82, 2.24) is 9.55 Å². The van der Waals surface area contributed by atoms with Crippen molar-refractivity contribution in [2.75, 3.05) is 7.11 Å². The van der Waals surface area contributed by atoms with Crippen molar-refractivity contribution in [2.24, 2.45) is 0 Å². The molecule has 3 rings (SSSR count). The summed E-state index contributed by atoms with van der Waals surface area (Å²) in [5, 5.41) is 21.6. The van der Waals surface area contributed by atoms with Gasteiger partial charge in [-0.3, -0.25) is 10.1 Å². The van der Waals surface area contributed by atoms with Crippen LogP contribution >= 0.6 is 0 Å². The van der Waals surface area contributed by atoms with E-state index in [1.54, 1.807) is 30.5 Å². The average molecular weight is 450 g/mol. The van der Waals surface area contributed by atoms with E-state index in [0.29, 0.717) is 17.7 Å². The fourth-order valence-corrected chi connectivity index (χ4v) is 3.68. The number of imidazole rings is 1. The first-order chi connectivity index (χ1) is 15.9. The van der Waals surface area contributed by atoms with E-state index < -0.39 is 10.9 Å². The minimum atomic E-state index is -1.02. The van der Waals surface area contributed by atoms with Crippen LogP contribution in [0.5, 0.6) is 5.75 Å². The van der Waals surface area contributed by atoms with Crippen LogP contribution in [-0.2, 0) is 24.2 Å². The van der Waals surface area contributed by atoms with Crippen LogP contribution < -0.4 is 4.74 Å². The Kier molecular flexibility index (Phi) is 7.96. The average Bonchev–Trinajstić information content (AvgIpc) is 3.18. The first-order valence-corrected chi connectivity index (χ1v) is 10.8. The summed E-state index contributed by atoms with van der Waals surface area (Å²) in [6.07, 6.45) is 6.03. The fourth-order valence-electron chi connectivity index (χ4n) is 3.68. The van der Waals surface area contributed by atoms with E-state index >= 15 is 0 Å². The largest absolute Gasteiger partial charge is 0.490 e. The number of para-hydroxylation sites is 1. The number of rotatable bonds is 11. The quantitative estimate of drug-likeness (QED) is 0.253. The molecule has 3 aromatic rings. The lowest BCUT2D eigenvalue weighted by Gasteiger charge is -2.13.